The molecule has 11 atom stereocenters. The van der Waals surface area contributed by atoms with Gasteiger partial charge in [-0.2, -0.15) is 0 Å². The van der Waals surface area contributed by atoms with Gasteiger partial charge < -0.3 is 5.11 Å². The van der Waals surface area contributed by atoms with Crippen molar-refractivity contribution in [1.29, 1.82) is 0 Å². The first kappa shape index (κ1) is 24.1. The molecule has 1 nitrogen and oxygen atoms in total. The van der Waals surface area contributed by atoms with Crippen molar-refractivity contribution in [3.63, 3.8) is 0 Å². The average Bonchev–Trinajstić information content (AvgIpc) is 3.31. The van der Waals surface area contributed by atoms with Crippen LogP contribution in [0.2, 0.25) is 0 Å². The summed E-state index contributed by atoms with van der Waals surface area (Å²) in [4.78, 5) is 0. The minimum Gasteiger partial charge on any atom is -0.393 e. The third kappa shape index (κ3) is 1.92. The van der Waals surface area contributed by atoms with E-state index in [1.54, 1.807) is 0 Å². The molecule has 0 aromatic rings. The summed E-state index contributed by atoms with van der Waals surface area (Å²) in [5, 5.41) is 11.1. The van der Waals surface area contributed by atoms with E-state index in [0.717, 1.165) is 6.42 Å². The molecular formula is C33H54O. The highest BCUT2D eigenvalue weighted by Crippen LogP contribution is 2.92. The monoisotopic (exact) mass is 466 g/mol. The van der Waals surface area contributed by atoms with Crippen LogP contribution in [0, 0.1) is 54.7 Å². The van der Waals surface area contributed by atoms with Crippen molar-refractivity contribution in [3.8, 4) is 0 Å². The Morgan fingerprint density at radius 3 is 1.82 bits per heavy atom. The van der Waals surface area contributed by atoms with Gasteiger partial charge >= 0.3 is 0 Å². The van der Waals surface area contributed by atoms with Crippen molar-refractivity contribution < 1.29 is 5.11 Å². The molecular weight excluding hydrogens is 412 g/mol. The number of aliphatic hydroxyl groups excluding tert-OH is 1. The molecule has 0 radical (unpaired) electrons. The molecule has 6 fully saturated rings. The van der Waals surface area contributed by atoms with Crippen LogP contribution in [0.15, 0.2) is 12.2 Å². The molecule has 7 unspecified atom stereocenters. The van der Waals surface area contributed by atoms with Crippen LogP contribution in [0.3, 0.4) is 0 Å². The van der Waals surface area contributed by atoms with Crippen LogP contribution in [-0.4, -0.2) is 11.2 Å². The fourth-order valence-electron chi connectivity index (χ4n) is 14.0. The van der Waals surface area contributed by atoms with Gasteiger partial charge in [-0.3, -0.25) is 0 Å². The number of rotatable bonds is 1. The molecule has 0 bridgehead atoms. The number of allylic oxidation sites excluding steroid dienone is 1. The first-order valence-corrected chi connectivity index (χ1v) is 14.8. The molecule has 0 saturated heterocycles. The lowest BCUT2D eigenvalue weighted by Gasteiger charge is -2.81. The Hall–Kier alpha value is -0.300. The summed E-state index contributed by atoms with van der Waals surface area (Å²) in [5.41, 5.74) is 4.45. The van der Waals surface area contributed by atoms with Gasteiger partial charge in [-0.1, -0.05) is 67.5 Å². The molecule has 6 aliphatic rings. The lowest BCUT2D eigenvalue weighted by atomic mass is 9.23. The van der Waals surface area contributed by atoms with Gasteiger partial charge in [0.25, 0.3) is 0 Å². The zero-order valence-electron chi connectivity index (χ0n) is 24.1. The predicted molar refractivity (Wildman–Crippen MR) is 142 cm³/mol. The number of hydrogen-bond donors (Lipinski definition) is 1. The average molecular weight is 467 g/mol. The maximum atomic E-state index is 11.1. The SMILES string of the molecule is C=C(C)[C@@H]1CCC2(C)CC[C@]3(C)C(C)(CC[C@]4(C)C5(C)CCC(O)[C@@]6(C)CC56CCC34C)C12C. The summed E-state index contributed by atoms with van der Waals surface area (Å²) in [5.74, 6) is 0.664. The zero-order valence-corrected chi connectivity index (χ0v) is 24.1. The lowest BCUT2D eigenvalue weighted by molar-refractivity contribution is -0.328. The Bertz CT molecular complexity index is 968. The van der Waals surface area contributed by atoms with Gasteiger partial charge in [-0.05, 0) is 127 Å². The van der Waals surface area contributed by atoms with Crippen LogP contribution in [0.1, 0.15) is 133 Å². The lowest BCUT2D eigenvalue weighted by Crippen LogP contribution is -2.74. The molecule has 0 amide bonds. The topological polar surface area (TPSA) is 20.2 Å². The van der Waals surface area contributed by atoms with E-state index in [2.05, 4.69) is 68.9 Å². The molecule has 0 aromatic heterocycles. The summed E-state index contributed by atoms with van der Waals surface area (Å²) in [7, 11) is 0. The molecule has 0 aromatic carbocycles. The van der Waals surface area contributed by atoms with E-state index in [-0.39, 0.29) is 11.5 Å². The highest BCUT2D eigenvalue weighted by molar-refractivity contribution is 5.35. The van der Waals surface area contributed by atoms with E-state index in [4.69, 9.17) is 0 Å². The number of aliphatic hydroxyl groups is 1. The van der Waals surface area contributed by atoms with E-state index in [9.17, 15) is 5.11 Å². The molecule has 1 N–H and O–H groups in total. The summed E-state index contributed by atoms with van der Waals surface area (Å²) in [6.45, 7) is 28.5. The van der Waals surface area contributed by atoms with Gasteiger partial charge in [-0.15, -0.1) is 0 Å². The van der Waals surface area contributed by atoms with E-state index in [1.165, 1.54) is 69.8 Å². The van der Waals surface area contributed by atoms with Gasteiger partial charge in [0.2, 0.25) is 0 Å². The van der Waals surface area contributed by atoms with Gasteiger partial charge in [0.05, 0.1) is 6.10 Å². The zero-order chi connectivity index (χ0) is 25.0. The first-order chi connectivity index (χ1) is 15.5. The van der Waals surface area contributed by atoms with E-state index in [0.29, 0.717) is 49.2 Å². The maximum Gasteiger partial charge on any atom is 0.0599 e. The fraction of sp³-hybridized carbons (Fsp3) is 0.939. The number of fused-ring (bicyclic) bond motifs is 6. The Balaban J connectivity index is 1.52. The Morgan fingerprint density at radius 1 is 0.647 bits per heavy atom. The summed E-state index contributed by atoms with van der Waals surface area (Å²) in [6, 6.07) is 0. The molecule has 192 valence electrons. The van der Waals surface area contributed by atoms with Gasteiger partial charge in [-0.25, -0.2) is 0 Å². The molecule has 6 aliphatic carbocycles. The van der Waals surface area contributed by atoms with E-state index >= 15 is 0 Å². The third-order valence-corrected chi connectivity index (χ3v) is 17.2. The van der Waals surface area contributed by atoms with E-state index in [1.807, 2.05) is 0 Å². The molecule has 6 saturated carbocycles. The van der Waals surface area contributed by atoms with Crippen molar-refractivity contribution >= 4 is 0 Å². The summed E-state index contributed by atoms with van der Waals surface area (Å²) in [6.07, 6.45) is 14.4. The molecule has 0 aliphatic heterocycles. The second-order valence-corrected chi connectivity index (χ2v) is 16.6. The van der Waals surface area contributed by atoms with Crippen LogP contribution in [0.5, 0.6) is 0 Å². The van der Waals surface area contributed by atoms with Crippen molar-refractivity contribution in [2.75, 3.05) is 0 Å². The second kappa shape index (κ2) is 6.05. The maximum absolute atomic E-state index is 11.1. The minimum absolute atomic E-state index is 0.0814. The quantitative estimate of drug-likeness (QED) is 0.382. The van der Waals surface area contributed by atoms with Gasteiger partial charge in [0, 0.05) is 5.41 Å². The van der Waals surface area contributed by atoms with Crippen LogP contribution in [0.25, 0.3) is 0 Å². The van der Waals surface area contributed by atoms with Crippen molar-refractivity contribution in [3.05, 3.63) is 12.2 Å². The van der Waals surface area contributed by atoms with Crippen LogP contribution < -0.4 is 0 Å². The van der Waals surface area contributed by atoms with Crippen molar-refractivity contribution in [2.24, 2.45) is 54.7 Å². The molecule has 1 heteroatoms. The predicted octanol–water partition coefficient (Wildman–Crippen LogP) is 8.95. The van der Waals surface area contributed by atoms with Crippen LogP contribution in [0.4, 0.5) is 0 Å². The third-order valence-electron chi connectivity index (χ3n) is 17.2. The Morgan fingerprint density at radius 2 is 1.18 bits per heavy atom. The summed E-state index contributed by atoms with van der Waals surface area (Å²) < 4.78 is 0. The normalized spacial score (nSPS) is 66.4. The highest BCUT2D eigenvalue weighted by atomic mass is 16.3. The standard InChI is InChI=1S/C33H54O/c1-22(2)23-11-13-25(3)15-16-28(6)27(5)19-20-33-21-26(33,4)24(34)12-14-31(33,9)29(27,7)17-18-30(28,8)32(23,25)10/h23-24,34H,1,11-21H2,2-10H3/t23-,24?,25?,26+,27?,28-,29-,30?,31?,32?,33?/m0/s1. The smallest absolute Gasteiger partial charge is 0.0599 e. The van der Waals surface area contributed by atoms with Crippen molar-refractivity contribution in [1.82, 2.24) is 0 Å². The second-order valence-electron chi connectivity index (χ2n) is 16.6. The fourth-order valence-corrected chi connectivity index (χ4v) is 14.0. The Kier molecular flexibility index (Phi) is 4.28. The van der Waals surface area contributed by atoms with E-state index < -0.39 is 0 Å². The van der Waals surface area contributed by atoms with Gasteiger partial charge in [0.1, 0.15) is 0 Å². The molecule has 34 heavy (non-hydrogen) atoms. The van der Waals surface area contributed by atoms with Crippen LogP contribution in [-0.2, 0) is 0 Å². The van der Waals surface area contributed by atoms with Crippen molar-refractivity contribution in [2.45, 2.75) is 139 Å². The number of hydrogen-bond acceptors (Lipinski definition) is 1. The summed E-state index contributed by atoms with van der Waals surface area (Å²) >= 11 is 0. The largest absolute Gasteiger partial charge is 0.393 e. The first-order valence-electron chi connectivity index (χ1n) is 14.8. The molecule has 1 spiro atoms. The minimum atomic E-state index is -0.0814. The van der Waals surface area contributed by atoms with Crippen LogP contribution >= 0.6 is 0 Å². The van der Waals surface area contributed by atoms with Gasteiger partial charge in [0.15, 0.2) is 0 Å². The molecule has 0 heterocycles. The Labute approximate surface area is 210 Å². The molecule has 6 rings (SSSR count). The highest BCUT2D eigenvalue weighted by Gasteiger charge is 2.86.